The van der Waals surface area contributed by atoms with Crippen LogP contribution in [0.4, 0.5) is 11.4 Å². The standard InChI is InChI=1S/C39H37N.C9H10.C6H6/c1-3-12-35(32-22-20-31(21-23-32)30-14-7-5-8-15-30)28-36(13-4-2)33-24-26-34(27-25-33)37-16-11-19-39(29-37)40-38-17-9-6-10-18-38;1-8(2)9-6-4-3-5-7-9;1-2-4-6-5-3-1/h5-12,14-29,40H,3-4,13H2,1-2H3;3-7H,1H2,2H3;1-6H/b35-12-,36-28+;;. The van der Waals surface area contributed by atoms with Crippen LogP contribution in [0.5, 0.6) is 0 Å². The van der Waals surface area contributed by atoms with Gasteiger partial charge in [0.2, 0.25) is 0 Å². The molecule has 0 aliphatic carbocycles. The first-order valence-corrected chi connectivity index (χ1v) is 19.3. The minimum absolute atomic E-state index is 0.998. The van der Waals surface area contributed by atoms with Crippen LogP contribution in [-0.4, -0.2) is 0 Å². The first-order chi connectivity index (χ1) is 27.0. The smallest absolute Gasteiger partial charge is 0.0390 e. The highest BCUT2D eigenvalue weighted by Crippen LogP contribution is 2.31. The van der Waals surface area contributed by atoms with E-state index in [0.717, 1.165) is 36.2 Å². The van der Waals surface area contributed by atoms with Crippen molar-refractivity contribution in [3.8, 4) is 22.3 Å². The molecule has 274 valence electrons. The Morgan fingerprint density at radius 2 is 0.927 bits per heavy atom. The largest absolute Gasteiger partial charge is 0.356 e. The van der Waals surface area contributed by atoms with Crippen LogP contribution in [0.15, 0.2) is 219 Å². The summed E-state index contributed by atoms with van der Waals surface area (Å²) in [6.45, 7) is 10.3. The lowest BCUT2D eigenvalue weighted by molar-refractivity contribution is 0.973. The maximum atomic E-state index is 3.83. The van der Waals surface area contributed by atoms with E-state index in [2.05, 4.69) is 165 Å². The molecule has 0 amide bonds. The van der Waals surface area contributed by atoms with E-state index < -0.39 is 0 Å². The molecule has 55 heavy (non-hydrogen) atoms. The van der Waals surface area contributed by atoms with Crippen LogP contribution in [0, 0.1) is 0 Å². The summed E-state index contributed by atoms with van der Waals surface area (Å²) in [6, 6.07) is 69.7. The van der Waals surface area contributed by atoms with Gasteiger partial charge in [0.15, 0.2) is 0 Å². The van der Waals surface area contributed by atoms with Crippen LogP contribution in [0.2, 0.25) is 0 Å². The Labute approximate surface area is 330 Å². The zero-order valence-corrected chi connectivity index (χ0v) is 32.5. The van der Waals surface area contributed by atoms with Gasteiger partial charge < -0.3 is 5.32 Å². The van der Waals surface area contributed by atoms with Gasteiger partial charge in [-0.15, -0.1) is 0 Å². The summed E-state index contributed by atoms with van der Waals surface area (Å²) in [5.41, 5.74) is 14.7. The molecule has 0 bridgehead atoms. The van der Waals surface area contributed by atoms with Gasteiger partial charge in [0.25, 0.3) is 0 Å². The van der Waals surface area contributed by atoms with Crippen molar-refractivity contribution in [3.05, 3.63) is 236 Å². The second kappa shape index (κ2) is 21.9. The molecule has 0 aliphatic rings. The van der Waals surface area contributed by atoms with E-state index in [1.807, 2.05) is 79.7 Å². The number of allylic oxidation sites excluding steroid dienone is 5. The number of rotatable bonds is 11. The summed E-state index contributed by atoms with van der Waals surface area (Å²) in [5.74, 6) is 0. The third-order valence-electron chi connectivity index (χ3n) is 9.05. The normalized spacial score (nSPS) is 11.0. The van der Waals surface area contributed by atoms with Gasteiger partial charge in [0, 0.05) is 11.4 Å². The molecule has 7 aromatic rings. The highest BCUT2D eigenvalue weighted by atomic mass is 14.9. The van der Waals surface area contributed by atoms with Crippen molar-refractivity contribution < 1.29 is 0 Å². The Balaban J connectivity index is 0.000000320. The lowest BCUT2D eigenvalue weighted by Crippen LogP contribution is -1.91. The van der Waals surface area contributed by atoms with E-state index >= 15 is 0 Å². The first kappa shape index (κ1) is 39.8. The molecule has 0 atom stereocenters. The number of para-hydroxylation sites is 1. The SMILES string of the molecule is C=C(C)c1ccccc1.CC/C=C(/C=C(\CCC)c1ccc(-c2cccc(Nc3ccccc3)c2)cc1)c1ccc(-c2ccccc2)cc1.c1ccccc1. The molecule has 0 spiro atoms. The molecule has 0 saturated carbocycles. The van der Waals surface area contributed by atoms with Crippen molar-refractivity contribution in [3.63, 3.8) is 0 Å². The van der Waals surface area contributed by atoms with E-state index in [1.165, 1.54) is 50.1 Å². The maximum Gasteiger partial charge on any atom is 0.0390 e. The molecule has 0 aromatic heterocycles. The Hall–Kier alpha value is -6.44. The fraction of sp³-hybridized carbons (Fsp3) is 0.111. The van der Waals surface area contributed by atoms with Crippen LogP contribution in [-0.2, 0) is 0 Å². The topological polar surface area (TPSA) is 12.0 Å². The molecule has 1 N–H and O–H groups in total. The van der Waals surface area contributed by atoms with Crippen molar-refractivity contribution >= 4 is 28.1 Å². The van der Waals surface area contributed by atoms with Crippen LogP contribution < -0.4 is 5.32 Å². The Morgan fingerprint density at radius 1 is 0.473 bits per heavy atom. The summed E-state index contributed by atoms with van der Waals surface area (Å²) >= 11 is 0. The molecule has 0 radical (unpaired) electrons. The molecular formula is C54H53N. The minimum Gasteiger partial charge on any atom is -0.356 e. The van der Waals surface area contributed by atoms with E-state index in [1.54, 1.807) is 0 Å². The maximum absolute atomic E-state index is 3.83. The van der Waals surface area contributed by atoms with Crippen LogP contribution >= 0.6 is 0 Å². The Morgan fingerprint density at radius 3 is 1.45 bits per heavy atom. The number of benzene rings is 7. The summed E-state index contributed by atoms with van der Waals surface area (Å²) in [7, 11) is 0. The van der Waals surface area contributed by atoms with Crippen molar-refractivity contribution in [2.75, 3.05) is 5.32 Å². The van der Waals surface area contributed by atoms with Crippen LogP contribution in [0.25, 0.3) is 39.0 Å². The average molecular weight is 716 g/mol. The highest BCUT2D eigenvalue weighted by Gasteiger charge is 2.07. The summed E-state index contributed by atoms with van der Waals surface area (Å²) in [5, 5.41) is 3.51. The fourth-order valence-corrected chi connectivity index (χ4v) is 6.17. The minimum atomic E-state index is 0.998. The molecular weight excluding hydrogens is 663 g/mol. The molecule has 7 aromatic carbocycles. The van der Waals surface area contributed by atoms with Gasteiger partial charge in [0.05, 0.1) is 0 Å². The molecule has 0 aliphatic heterocycles. The number of hydrogen-bond acceptors (Lipinski definition) is 1. The zero-order valence-electron chi connectivity index (χ0n) is 32.5. The molecule has 0 unspecified atom stereocenters. The van der Waals surface area contributed by atoms with E-state index in [-0.39, 0.29) is 0 Å². The lowest BCUT2D eigenvalue weighted by Gasteiger charge is -2.12. The monoisotopic (exact) mass is 715 g/mol. The van der Waals surface area contributed by atoms with Gasteiger partial charge >= 0.3 is 0 Å². The van der Waals surface area contributed by atoms with Gasteiger partial charge in [0.1, 0.15) is 0 Å². The van der Waals surface area contributed by atoms with Crippen molar-refractivity contribution in [1.82, 2.24) is 0 Å². The number of anilines is 2. The van der Waals surface area contributed by atoms with Crippen molar-refractivity contribution in [1.29, 1.82) is 0 Å². The molecule has 0 fully saturated rings. The van der Waals surface area contributed by atoms with Crippen LogP contribution in [0.1, 0.15) is 56.7 Å². The fourth-order valence-electron chi connectivity index (χ4n) is 6.17. The highest BCUT2D eigenvalue weighted by molar-refractivity contribution is 5.85. The Bertz CT molecular complexity index is 2170. The number of nitrogens with one attached hydrogen (secondary N) is 1. The van der Waals surface area contributed by atoms with Gasteiger partial charge in [-0.1, -0.05) is 220 Å². The average Bonchev–Trinajstić information content (AvgIpc) is 3.25. The third kappa shape index (κ3) is 12.9. The summed E-state index contributed by atoms with van der Waals surface area (Å²) in [6.07, 6.45) is 7.88. The molecule has 0 saturated heterocycles. The van der Waals surface area contributed by atoms with E-state index in [4.69, 9.17) is 0 Å². The summed E-state index contributed by atoms with van der Waals surface area (Å²) < 4.78 is 0. The van der Waals surface area contributed by atoms with Crippen molar-refractivity contribution in [2.45, 2.75) is 40.0 Å². The molecule has 7 rings (SSSR count). The van der Waals surface area contributed by atoms with Crippen molar-refractivity contribution in [2.24, 2.45) is 0 Å². The predicted molar refractivity (Wildman–Crippen MR) is 242 cm³/mol. The lowest BCUT2D eigenvalue weighted by atomic mass is 9.93. The van der Waals surface area contributed by atoms with Gasteiger partial charge in [-0.2, -0.15) is 0 Å². The quantitative estimate of drug-likeness (QED) is 0.132. The van der Waals surface area contributed by atoms with E-state index in [0.29, 0.717) is 0 Å². The zero-order chi connectivity index (χ0) is 38.5. The molecule has 1 heteroatoms. The van der Waals surface area contributed by atoms with Gasteiger partial charge in [-0.3, -0.25) is 0 Å². The predicted octanol–water partition coefficient (Wildman–Crippen LogP) is 15.8. The van der Waals surface area contributed by atoms with E-state index in [9.17, 15) is 0 Å². The summed E-state index contributed by atoms with van der Waals surface area (Å²) in [4.78, 5) is 0. The van der Waals surface area contributed by atoms with Crippen LogP contribution in [0.3, 0.4) is 0 Å². The second-order valence-corrected chi connectivity index (χ2v) is 13.4. The molecule has 1 nitrogen and oxygen atoms in total. The molecule has 0 heterocycles. The van der Waals surface area contributed by atoms with Gasteiger partial charge in [-0.25, -0.2) is 0 Å². The second-order valence-electron chi connectivity index (χ2n) is 13.4. The van der Waals surface area contributed by atoms with Gasteiger partial charge in [-0.05, 0) is 94.1 Å². The Kier molecular flexibility index (Phi) is 15.9. The first-order valence-electron chi connectivity index (χ1n) is 19.3. The number of hydrogen-bond donors (Lipinski definition) is 1. The third-order valence-corrected chi connectivity index (χ3v) is 9.05.